The highest BCUT2D eigenvalue weighted by Gasteiger charge is 2.13. The highest BCUT2D eigenvalue weighted by Crippen LogP contribution is 2.27. The number of nitrogens with one attached hydrogen (secondary N) is 1. The van der Waals surface area contributed by atoms with E-state index in [1.165, 1.54) is 12.1 Å². The number of rotatable bonds is 10. The topological polar surface area (TPSA) is 84.9 Å². The molecule has 2 N–H and O–H groups in total. The maximum absolute atomic E-state index is 12.0. The summed E-state index contributed by atoms with van der Waals surface area (Å²) in [6.45, 7) is 8.16. The van der Waals surface area contributed by atoms with E-state index in [9.17, 15) is 9.59 Å². The molecule has 0 fully saturated rings. The standard InChI is InChI=1S/C17H23NO5/c1-4-9-22-10-5-6-16(19)18-14-11-13(17(20)21)7-8-15(14)23-12(2)3/h4,7-8,11-12H,1,5-6,9-10H2,2-3H3,(H,18,19)(H,20,21). The summed E-state index contributed by atoms with van der Waals surface area (Å²) < 4.78 is 10.8. The van der Waals surface area contributed by atoms with Crippen molar-refractivity contribution in [3.8, 4) is 5.75 Å². The van der Waals surface area contributed by atoms with Crippen LogP contribution in [0.25, 0.3) is 0 Å². The minimum absolute atomic E-state index is 0.0886. The van der Waals surface area contributed by atoms with E-state index in [-0.39, 0.29) is 24.0 Å². The fourth-order valence-electron chi connectivity index (χ4n) is 1.83. The van der Waals surface area contributed by atoms with Gasteiger partial charge in [-0.05, 0) is 38.5 Å². The Hall–Kier alpha value is -2.34. The summed E-state index contributed by atoms with van der Waals surface area (Å²) in [6.07, 6.45) is 2.40. The summed E-state index contributed by atoms with van der Waals surface area (Å²) in [5, 5.41) is 11.8. The van der Waals surface area contributed by atoms with Gasteiger partial charge in [-0.25, -0.2) is 4.79 Å². The Balaban J connectivity index is 2.71. The Morgan fingerprint density at radius 2 is 2.13 bits per heavy atom. The van der Waals surface area contributed by atoms with Gasteiger partial charge >= 0.3 is 5.97 Å². The molecule has 0 aliphatic heterocycles. The van der Waals surface area contributed by atoms with E-state index in [0.29, 0.717) is 31.1 Å². The average Bonchev–Trinajstić information content (AvgIpc) is 2.48. The molecule has 0 heterocycles. The number of carboxylic acid groups (broad SMARTS) is 1. The fourth-order valence-corrected chi connectivity index (χ4v) is 1.83. The molecule has 0 saturated heterocycles. The summed E-state index contributed by atoms with van der Waals surface area (Å²) in [5.74, 6) is -0.834. The Bertz CT molecular complexity index is 554. The van der Waals surface area contributed by atoms with Crippen molar-refractivity contribution >= 4 is 17.6 Å². The van der Waals surface area contributed by atoms with Crippen LogP contribution in [0.15, 0.2) is 30.9 Å². The first kappa shape index (κ1) is 18.7. The van der Waals surface area contributed by atoms with Crippen molar-refractivity contribution in [3.05, 3.63) is 36.4 Å². The number of carbonyl (C=O) groups excluding carboxylic acids is 1. The van der Waals surface area contributed by atoms with E-state index in [4.69, 9.17) is 14.6 Å². The van der Waals surface area contributed by atoms with Crippen molar-refractivity contribution in [2.45, 2.75) is 32.8 Å². The molecule has 0 aliphatic carbocycles. The minimum atomic E-state index is -1.06. The van der Waals surface area contributed by atoms with Gasteiger partial charge in [0.25, 0.3) is 0 Å². The first-order valence-electron chi connectivity index (χ1n) is 7.46. The van der Waals surface area contributed by atoms with Crippen LogP contribution in [0.2, 0.25) is 0 Å². The second-order valence-corrected chi connectivity index (χ2v) is 5.20. The lowest BCUT2D eigenvalue weighted by atomic mass is 10.1. The molecule has 126 valence electrons. The first-order chi connectivity index (χ1) is 10.9. The van der Waals surface area contributed by atoms with E-state index < -0.39 is 5.97 Å². The third kappa shape index (κ3) is 6.97. The van der Waals surface area contributed by atoms with Crippen LogP contribution in [0.5, 0.6) is 5.75 Å². The van der Waals surface area contributed by atoms with Crippen LogP contribution in [0.4, 0.5) is 5.69 Å². The zero-order valence-electron chi connectivity index (χ0n) is 13.5. The lowest BCUT2D eigenvalue weighted by molar-refractivity contribution is -0.116. The van der Waals surface area contributed by atoms with Crippen LogP contribution in [-0.2, 0) is 9.53 Å². The predicted octanol–water partition coefficient (Wildman–Crippen LogP) is 3.09. The van der Waals surface area contributed by atoms with Crippen molar-refractivity contribution in [1.82, 2.24) is 0 Å². The van der Waals surface area contributed by atoms with E-state index in [1.54, 1.807) is 12.1 Å². The number of aromatic carboxylic acids is 1. The Labute approximate surface area is 136 Å². The highest BCUT2D eigenvalue weighted by molar-refractivity contribution is 5.95. The normalized spacial score (nSPS) is 10.4. The molecule has 1 amide bonds. The molecule has 0 saturated carbocycles. The van der Waals surface area contributed by atoms with Gasteiger partial charge in [0.1, 0.15) is 5.75 Å². The zero-order chi connectivity index (χ0) is 17.2. The van der Waals surface area contributed by atoms with Crippen LogP contribution in [0.1, 0.15) is 37.0 Å². The molecular formula is C17H23NO5. The molecule has 0 spiro atoms. The maximum Gasteiger partial charge on any atom is 0.335 e. The van der Waals surface area contributed by atoms with Crippen molar-refractivity contribution in [2.24, 2.45) is 0 Å². The molecule has 0 bridgehead atoms. The van der Waals surface area contributed by atoms with Gasteiger partial charge in [0.2, 0.25) is 5.91 Å². The molecule has 1 aromatic carbocycles. The lowest BCUT2D eigenvalue weighted by Gasteiger charge is -2.15. The average molecular weight is 321 g/mol. The Morgan fingerprint density at radius 3 is 2.74 bits per heavy atom. The second-order valence-electron chi connectivity index (χ2n) is 5.20. The monoisotopic (exact) mass is 321 g/mol. The fraction of sp³-hybridized carbons (Fsp3) is 0.412. The van der Waals surface area contributed by atoms with E-state index in [1.807, 2.05) is 13.8 Å². The Morgan fingerprint density at radius 1 is 1.39 bits per heavy atom. The van der Waals surface area contributed by atoms with E-state index >= 15 is 0 Å². The third-order valence-electron chi connectivity index (χ3n) is 2.79. The number of benzene rings is 1. The van der Waals surface area contributed by atoms with Crippen molar-refractivity contribution in [2.75, 3.05) is 18.5 Å². The molecule has 0 aromatic heterocycles. The van der Waals surface area contributed by atoms with Crippen LogP contribution < -0.4 is 10.1 Å². The van der Waals surface area contributed by atoms with E-state index in [2.05, 4.69) is 11.9 Å². The molecule has 0 radical (unpaired) electrons. The van der Waals surface area contributed by atoms with Crippen LogP contribution in [0, 0.1) is 0 Å². The number of carbonyl (C=O) groups is 2. The molecule has 0 aliphatic rings. The third-order valence-corrected chi connectivity index (χ3v) is 2.79. The number of amides is 1. The van der Waals surface area contributed by atoms with Crippen molar-refractivity contribution in [3.63, 3.8) is 0 Å². The van der Waals surface area contributed by atoms with Crippen molar-refractivity contribution < 1.29 is 24.2 Å². The maximum atomic E-state index is 12.0. The number of anilines is 1. The van der Waals surface area contributed by atoms with Gasteiger partial charge in [-0.2, -0.15) is 0 Å². The summed E-state index contributed by atoms with van der Waals surface area (Å²) >= 11 is 0. The lowest BCUT2D eigenvalue weighted by Crippen LogP contribution is -2.15. The van der Waals surface area contributed by atoms with Gasteiger partial charge < -0.3 is 19.9 Å². The van der Waals surface area contributed by atoms with Crippen molar-refractivity contribution in [1.29, 1.82) is 0 Å². The smallest absolute Gasteiger partial charge is 0.335 e. The van der Waals surface area contributed by atoms with E-state index in [0.717, 1.165) is 0 Å². The van der Waals surface area contributed by atoms with Crippen LogP contribution >= 0.6 is 0 Å². The molecular weight excluding hydrogens is 298 g/mol. The van der Waals surface area contributed by atoms with Gasteiger partial charge in [0.05, 0.1) is 24.0 Å². The van der Waals surface area contributed by atoms with Gasteiger partial charge in [0.15, 0.2) is 0 Å². The molecule has 0 atom stereocenters. The summed E-state index contributed by atoms with van der Waals surface area (Å²) in [7, 11) is 0. The van der Waals surface area contributed by atoms with Crippen LogP contribution in [0.3, 0.4) is 0 Å². The second kappa shape index (κ2) is 9.63. The zero-order valence-corrected chi connectivity index (χ0v) is 13.5. The first-order valence-corrected chi connectivity index (χ1v) is 7.46. The quantitative estimate of drug-likeness (QED) is 0.511. The van der Waals surface area contributed by atoms with Crippen LogP contribution in [-0.4, -0.2) is 36.3 Å². The SMILES string of the molecule is C=CCOCCCC(=O)Nc1cc(C(=O)O)ccc1OC(C)C. The number of ether oxygens (including phenoxy) is 2. The molecule has 6 heteroatoms. The number of hydrogen-bond acceptors (Lipinski definition) is 4. The highest BCUT2D eigenvalue weighted by atomic mass is 16.5. The molecule has 0 unspecified atom stereocenters. The summed E-state index contributed by atoms with van der Waals surface area (Å²) in [5.41, 5.74) is 0.446. The predicted molar refractivity (Wildman–Crippen MR) is 88.0 cm³/mol. The van der Waals surface area contributed by atoms with Gasteiger partial charge in [-0.15, -0.1) is 6.58 Å². The molecule has 1 aromatic rings. The van der Waals surface area contributed by atoms with Gasteiger partial charge in [-0.3, -0.25) is 4.79 Å². The summed E-state index contributed by atoms with van der Waals surface area (Å²) in [4.78, 5) is 23.0. The largest absolute Gasteiger partial charge is 0.489 e. The number of hydrogen-bond donors (Lipinski definition) is 2. The molecule has 6 nitrogen and oxygen atoms in total. The molecule has 23 heavy (non-hydrogen) atoms. The van der Waals surface area contributed by atoms with Gasteiger partial charge in [0, 0.05) is 13.0 Å². The number of carboxylic acids is 1. The minimum Gasteiger partial charge on any atom is -0.489 e. The summed E-state index contributed by atoms with van der Waals surface area (Å²) in [6, 6.07) is 4.39. The Kier molecular flexibility index (Phi) is 7.83. The molecule has 1 rings (SSSR count). The van der Waals surface area contributed by atoms with Gasteiger partial charge in [-0.1, -0.05) is 6.08 Å².